The maximum atomic E-state index is 13.0. The molecule has 0 aromatic heterocycles. The van der Waals surface area contributed by atoms with Crippen LogP contribution in [0.25, 0.3) is 0 Å². The number of likely N-dealkylation sites (tertiary alicyclic amines) is 1. The van der Waals surface area contributed by atoms with E-state index in [-0.39, 0.29) is 5.41 Å². The van der Waals surface area contributed by atoms with E-state index in [1.807, 2.05) is 7.05 Å². The van der Waals surface area contributed by atoms with Crippen molar-refractivity contribution in [2.75, 3.05) is 26.7 Å². The Bertz CT molecular complexity index is 308. The molecular weight excluding hydrogens is 236 g/mol. The van der Waals surface area contributed by atoms with Gasteiger partial charge in [0.15, 0.2) is 0 Å². The Hall–Kier alpha value is -0.570. The van der Waals surface area contributed by atoms with Crippen LogP contribution in [0.2, 0.25) is 0 Å². The largest absolute Gasteiger partial charge is 0.342 e. The van der Waals surface area contributed by atoms with Gasteiger partial charge in [0.1, 0.15) is 0 Å². The van der Waals surface area contributed by atoms with Gasteiger partial charge in [-0.25, -0.2) is 0 Å². The van der Waals surface area contributed by atoms with E-state index in [9.17, 15) is 4.79 Å². The predicted molar refractivity (Wildman–Crippen MR) is 79.0 cm³/mol. The van der Waals surface area contributed by atoms with Gasteiger partial charge in [-0.15, -0.1) is 0 Å². The highest BCUT2D eigenvalue weighted by Gasteiger charge is 2.44. The van der Waals surface area contributed by atoms with Crippen molar-refractivity contribution < 1.29 is 4.79 Å². The topological polar surface area (TPSA) is 32.3 Å². The van der Waals surface area contributed by atoms with Gasteiger partial charge in [0, 0.05) is 18.5 Å². The first-order valence-corrected chi connectivity index (χ1v) is 8.01. The summed E-state index contributed by atoms with van der Waals surface area (Å²) in [6.07, 6.45) is 6.98. The van der Waals surface area contributed by atoms with Crippen LogP contribution in [0, 0.1) is 17.3 Å². The molecule has 2 fully saturated rings. The number of carbonyl (C=O) groups is 1. The summed E-state index contributed by atoms with van der Waals surface area (Å²) in [6, 6.07) is 0. The third-order valence-electron chi connectivity index (χ3n) is 4.88. The SMILES string of the molecule is CNCC1CCN(C(=O)C2(CC(C)C)CCCC2)C1. The van der Waals surface area contributed by atoms with Crippen LogP contribution in [-0.4, -0.2) is 37.5 Å². The molecule has 3 nitrogen and oxygen atoms in total. The highest BCUT2D eigenvalue weighted by molar-refractivity contribution is 5.83. The van der Waals surface area contributed by atoms with Gasteiger partial charge in [-0.1, -0.05) is 26.7 Å². The van der Waals surface area contributed by atoms with Crippen LogP contribution in [-0.2, 0) is 4.79 Å². The summed E-state index contributed by atoms with van der Waals surface area (Å²) >= 11 is 0. The Labute approximate surface area is 118 Å². The summed E-state index contributed by atoms with van der Waals surface area (Å²) in [4.78, 5) is 15.1. The maximum Gasteiger partial charge on any atom is 0.228 e. The molecule has 2 aliphatic rings. The molecule has 2 rings (SSSR count). The second-order valence-corrected chi connectivity index (χ2v) is 7.05. The van der Waals surface area contributed by atoms with Crippen molar-refractivity contribution in [1.82, 2.24) is 10.2 Å². The monoisotopic (exact) mass is 266 g/mol. The molecule has 0 aromatic rings. The molecule has 1 amide bonds. The zero-order valence-corrected chi connectivity index (χ0v) is 12.9. The molecule has 1 saturated heterocycles. The van der Waals surface area contributed by atoms with Crippen molar-refractivity contribution in [2.45, 2.75) is 52.4 Å². The molecule has 0 radical (unpaired) electrons. The number of nitrogens with one attached hydrogen (secondary N) is 1. The molecule has 0 spiro atoms. The lowest BCUT2D eigenvalue weighted by Crippen LogP contribution is -2.42. The fourth-order valence-electron chi connectivity index (χ4n) is 4.15. The molecule has 1 aliphatic carbocycles. The fraction of sp³-hybridized carbons (Fsp3) is 0.938. The van der Waals surface area contributed by atoms with Gasteiger partial charge in [0.05, 0.1) is 0 Å². The van der Waals surface area contributed by atoms with Gasteiger partial charge in [-0.3, -0.25) is 4.79 Å². The minimum atomic E-state index is -0.0112. The minimum Gasteiger partial charge on any atom is -0.342 e. The lowest BCUT2D eigenvalue weighted by molar-refractivity contribution is -0.142. The van der Waals surface area contributed by atoms with Crippen LogP contribution in [0.4, 0.5) is 0 Å². The van der Waals surface area contributed by atoms with E-state index in [0.29, 0.717) is 17.7 Å². The highest BCUT2D eigenvalue weighted by atomic mass is 16.2. The summed E-state index contributed by atoms with van der Waals surface area (Å²) in [5.41, 5.74) is -0.0112. The molecule has 110 valence electrons. The lowest BCUT2D eigenvalue weighted by atomic mass is 9.77. The molecule has 1 aliphatic heterocycles. The molecule has 3 heteroatoms. The summed E-state index contributed by atoms with van der Waals surface area (Å²) in [7, 11) is 2.00. The maximum absolute atomic E-state index is 13.0. The Morgan fingerprint density at radius 1 is 1.37 bits per heavy atom. The van der Waals surface area contributed by atoms with E-state index in [2.05, 4.69) is 24.1 Å². The van der Waals surface area contributed by atoms with Gasteiger partial charge in [0.2, 0.25) is 5.91 Å². The van der Waals surface area contributed by atoms with Crippen molar-refractivity contribution in [1.29, 1.82) is 0 Å². The highest BCUT2D eigenvalue weighted by Crippen LogP contribution is 2.45. The van der Waals surface area contributed by atoms with E-state index >= 15 is 0 Å². The van der Waals surface area contributed by atoms with E-state index in [1.165, 1.54) is 19.3 Å². The standard InChI is InChI=1S/C16H30N2O/c1-13(2)10-16(7-4-5-8-16)15(19)18-9-6-14(12-18)11-17-3/h13-14,17H,4-12H2,1-3H3. The second kappa shape index (κ2) is 6.25. The van der Waals surface area contributed by atoms with E-state index in [4.69, 9.17) is 0 Å². The third kappa shape index (κ3) is 3.31. The number of rotatable bonds is 5. The first-order valence-electron chi connectivity index (χ1n) is 8.01. The fourth-order valence-corrected chi connectivity index (χ4v) is 4.15. The zero-order chi connectivity index (χ0) is 13.9. The van der Waals surface area contributed by atoms with Crippen molar-refractivity contribution in [3.05, 3.63) is 0 Å². The first-order chi connectivity index (χ1) is 9.07. The molecule has 1 heterocycles. The Morgan fingerprint density at radius 3 is 2.63 bits per heavy atom. The Balaban J connectivity index is 2.00. The average molecular weight is 266 g/mol. The molecular formula is C16H30N2O. The van der Waals surface area contributed by atoms with E-state index < -0.39 is 0 Å². The number of hydrogen-bond donors (Lipinski definition) is 1. The molecule has 19 heavy (non-hydrogen) atoms. The molecule has 0 bridgehead atoms. The van der Waals surface area contributed by atoms with Crippen LogP contribution < -0.4 is 5.32 Å². The normalized spacial score (nSPS) is 26.3. The lowest BCUT2D eigenvalue weighted by Gasteiger charge is -2.34. The van der Waals surface area contributed by atoms with Crippen molar-refractivity contribution in [3.8, 4) is 0 Å². The summed E-state index contributed by atoms with van der Waals surface area (Å²) in [6.45, 7) is 7.49. The predicted octanol–water partition coefficient (Wildman–Crippen LogP) is 2.66. The van der Waals surface area contributed by atoms with E-state index in [1.54, 1.807) is 0 Å². The second-order valence-electron chi connectivity index (χ2n) is 7.05. The quantitative estimate of drug-likeness (QED) is 0.829. The number of nitrogens with zero attached hydrogens (tertiary/aromatic N) is 1. The molecule has 0 aromatic carbocycles. The number of hydrogen-bond acceptors (Lipinski definition) is 2. The van der Waals surface area contributed by atoms with Crippen LogP contribution in [0.1, 0.15) is 52.4 Å². The van der Waals surface area contributed by atoms with Crippen LogP contribution in [0.5, 0.6) is 0 Å². The summed E-state index contributed by atoms with van der Waals surface area (Å²) < 4.78 is 0. The smallest absolute Gasteiger partial charge is 0.228 e. The van der Waals surface area contributed by atoms with Crippen molar-refractivity contribution in [3.63, 3.8) is 0 Å². The van der Waals surface area contributed by atoms with Gasteiger partial charge in [-0.2, -0.15) is 0 Å². The van der Waals surface area contributed by atoms with Crippen LogP contribution >= 0.6 is 0 Å². The zero-order valence-electron chi connectivity index (χ0n) is 12.9. The van der Waals surface area contributed by atoms with Crippen LogP contribution in [0.15, 0.2) is 0 Å². The van der Waals surface area contributed by atoms with Gasteiger partial charge < -0.3 is 10.2 Å². The van der Waals surface area contributed by atoms with Gasteiger partial charge in [0.25, 0.3) is 0 Å². The van der Waals surface area contributed by atoms with E-state index in [0.717, 1.165) is 38.9 Å². The average Bonchev–Trinajstić information content (AvgIpc) is 2.98. The van der Waals surface area contributed by atoms with Gasteiger partial charge >= 0.3 is 0 Å². The molecule has 1 unspecified atom stereocenters. The molecule has 1 saturated carbocycles. The molecule has 1 N–H and O–H groups in total. The summed E-state index contributed by atoms with van der Waals surface area (Å²) in [5, 5.41) is 3.24. The van der Waals surface area contributed by atoms with Gasteiger partial charge in [-0.05, 0) is 51.1 Å². The Kier molecular flexibility index (Phi) is 4.88. The first kappa shape index (κ1) is 14.8. The number of carbonyl (C=O) groups excluding carboxylic acids is 1. The van der Waals surface area contributed by atoms with Crippen molar-refractivity contribution in [2.24, 2.45) is 17.3 Å². The van der Waals surface area contributed by atoms with Crippen LogP contribution in [0.3, 0.4) is 0 Å². The molecule has 1 atom stereocenters. The van der Waals surface area contributed by atoms with Crippen molar-refractivity contribution >= 4 is 5.91 Å². The minimum absolute atomic E-state index is 0.0112. The Morgan fingerprint density at radius 2 is 2.05 bits per heavy atom. The number of amides is 1. The summed E-state index contributed by atoms with van der Waals surface area (Å²) in [5.74, 6) is 1.75. The third-order valence-corrected chi connectivity index (χ3v) is 4.88.